The molecule has 0 radical (unpaired) electrons. The molecule has 3 rings (SSSR count). The number of carbonyl (C=O) groups excluding carboxylic acids is 2. The van der Waals surface area contributed by atoms with Crippen molar-refractivity contribution in [3.8, 4) is 5.75 Å². The Kier molecular flexibility index (Phi) is 6.00. The van der Waals surface area contributed by atoms with Gasteiger partial charge < -0.3 is 19.1 Å². The summed E-state index contributed by atoms with van der Waals surface area (Å²) in [4.78, 5) is 37.0. The Hall–Kier alpha value is -3.10. The molecule has 0 N–H and O–H groups in total. The van der Waals surface area contributed by atoms with Gasteiger partial charge in [-0.1, -0.05) is 13.3 Å². The molecule has 0 bridgehead atoms. The second kappa shape index (κ2) is 8.33. The number of esters is 1. The predicted octanol–water partition coefficient (Wildman–Crippen LogP) is 3.28. The van der Waals surface area contributed by atoms with Crippen molar-refractivity contribution < 1.29 is 28.7 Å². The monoisotopic (exact) mass is 418 g/mol. The van der Waals surface area contributed by atoms with Crippen molar-refractivity contribution in [3.05, 3.63) is 45.7 Å². The molecular formula is C21H26N2O7. The molecule has 30 heavy (non-hydrogen) atoms. The first kappa shape index (κ1) is 21.6. The summed E-state index contributed by atoms with van der Waals surface area (Å²) in [5.74, 6) is 0.0897. The van der Waals surface area contributed by atoms with Crippen molar-refractivity contribution in [1.82, 2.24) is 4.90 Å². The second-order valence-electron chi connectivity index (χ2n) is 7.94. The zero-order chi connectivity index (χ0) is 22.1. The number of nitro benzene ring substituents is 1. The molecular weight excluding hydrogens is 392 g/mol. The first-order chi connectivity index (χ1) is 14.1. The number of nitro groups is 1. The van der Waals surface area contributed by atoms with Crippen LogP contribution in [0.15, 0.2) is 30.0 Å². The van der Waals surface area contributed by atoms with E-state index in [0.717, 1.165) is 12.8 Å². The lowest BCUT2D eigenvalue weighted by molar-refractivity contribution is -0.385. The van der Waals surface area contributed by atoms with Gasteiger partial charge in [-0.3, -0.25) is 19.7 Å². The molecule has 1 amide bonds. The van der Waals surface area contributed by atoms with Gasteiger partial charge in [-0.25, -0.2) is 0 Å². The molecule has 0 saturated heterocycles. The van der Waals surface area contributed by atoms with Crippen molar-refractivity contribution in [2.45, 2.75) is 58.3 Å². The van der Waals surface area contributed by atoms with E-state index in [1.54, 1.807) is 13.8 Å². The normalized spacial score (nSPS) is 22.1. The highest BCUT2D eigenvalue weighted by molar-refractivity contribution is 5.91. The number of rotatable bonds is 7. The number of unbranched alkanes of at least 4 members (excludes halogenated alkanes) is 1. The standard InChI is InChI=1S/C21H26N2O7/c1-5-6-9-28-15-11-18(25)22(12-15)19-16-10-14(23(26)27)7-8-17(16)30-21(3,4)20(19)29-13(2)24/h7-8,10-11,19-20H,5-6,9,12H2,1-4H3/t19-,20+/m1/s1. The van der Waals surface area contributed by atoms with Crippen LogP contribution in [0.4, 0.5) is 5.69 Å². The number of hydrogen-bond donors (Lipinski definition) is 0. The molecule has 1 aromatic rings. The third-order valence-corrected chi connectivity index (χ3v) is 5.18. The van der Waals surface area contributed by atoms with Crippen LogP contribution in [0.25, 0.3) is 0 Å². The third-order valence-electron chi connectivity index (χ3n) is 5.18. The minimum Gasteiger partial charge on any atom is -0.496 e. The Morgan fingerprint density at radius 3 is 2.77 bits per heavy atom. The van der Waals surface area contributed by atoms with Crippen molar-refractivity contribution in [1.29, 1.82) is 0 Å². The first-order valence-electron chi connectivity index (χ1n) is 9.92. The summed E-state index contributed by atoms with van der Waals surface area (Å²) >= 11 is 0. The molecule has 2 heterocycles. The van der Waals surface area contributed by atoms with Crippen LogP contribution in [0, 0.1) is 10.1 Å². The highest BCUT2D eigenvalue weighted by Crippen LogP contribution is 2.46. The Bertz CT molecular complexity index is 893. The van der Waals surface area contributed by atoms with Crippen LogP contribution in [-0.4, -0.2) is 46.6 Å². The minimum absolute atomic E-state index is 0.136. The lowest BCUT2D eigenvalue weighted by atomic mass is 9.85. The number of amides is 1. The molecule has 0 unspecified atom stereocenters. The van der Waals surface area contributed by atoms with E-state index in [1.165, 1.54) is 36.1 Å². The first-order valence-corrected chi connectivity index (χ1v) is 9.92. The topological polar surface area (TPSA) is 108 Å². The van der Waals surface area contributed by atoms with E-state index >= 15 is 0 Å². The number of non-ortho nitro benzene ring substituents is 1. The molecule has 2 atom stereocenters. The van der Waals surface area contributed by atoms with Gasteiger partial charge in [-0.05, 0) is 26.3 Å². The predicted molar refractivity (Wildman–Crippen MR) is 107 cm³/mol. The fourth-order valence-corrected chi connectivity index (χ4v) is 3.76. The Balaban J connectivity index is 2.02. The molecule has 0 spiro atoms. The fourth-order valence-electron chi connectivity index (χ4n) is 3.76. The van der Waals surface area contributed by atoms with Crippen molar-refractivity contribution in [2.24, 2.45) is 0 Å². The van der Waals surface area contributed by atoms with Gasteiger partial charge in [0.05, 0.1) is 18.1 Å². The summed E-state index contributed by atoms with van der Waals surface area (Å²) in [6.07, 6.45) is 2.38. The highest BCUT2D eigenvalue weighted by Gasteiger charge is 2.51. The number of hydrogen-bond acceptors (Lipinski definition) is 7. The molecule has 0 saturated carbocycles. The SMILES string of the molecule is CCCCOC1=CC(=O)N([C@@H]2c3cc([N+](=O)[O-])ccc3OC(C)(C)[C@H]2OC(C)=O)C1. The molecule has 9 nitrogen and oxygen atoms in total. The van der Waals surface area contributed by atoms with Crippen LogP contribution < -0.4 is 4.74 Å². The van der Waals surface area contributed by atoms with Gasteiger partial charge in [-0.2, -0.15) is 0 Å². The van der Waals surface area contributed by atoms with Crippen molar-refractivity contribution >= 4 is 17.6 Å². The number of nitrogens with zero attached hydrogens (tertiary/aromatic N) is 2. The molecule has 162 valence electrons. The maximum Gasteiger partial charge on any atom is 0.303 e. The van der Waals surface area contributed by atoms with Gasteiger partial charge in [0.1, 0.15) is 23.2 Å². The average Bonchev–Trinajstić information content (AvgIpc) is 3.01. The maximum absolute atomic E-state index is 12.8. The van der Waals surface area contributed by atoms with Crippen LogP contribution in [-0.2, 0) is 19.1 Å². The van der Waals surface area contributed by atoms with E-state index in [2.05, 4.69) is 0 Å². The maximum atomic E-state index is 12.8. The van der Waals surface area contributed by atoms with Crippen molar-refractivity contribution in [3.63, 3.8) is 0 Å². The number of benzene rings is 1. The van der Waals surface area contributed by atoms with Crippen LogP contribution in [0.2, 0.25) is 0 Å². The smallest absolute Gasteiger partial charge is 0.303 e. The summed E-state index contributed by atoms with van der Waals surface area (Å²) in [6.45, 7) is 7.51. The largest absolute Gasteiger partial charge is 0.496 e. The van der Waals surface area contributed by atoms with Crippen LogP contribution >= 0.6 is 0 Å². The zero-order valence-corrected chi connectivity index (χ0v) is 17.5. The lowest BCUT2D eigenvalue weighted by Gasteiger charge is -2.46. The number of carbonyl (C=O) groups is 2. The van der Waals surface area contributed by atoms with Gasteiger partial charge in [0.2, 0.25) is 0 Å². The summed E-state index contributed by atoms with van der Waals surface area (Å²) in [5.41, 5.74) is -0.681. The van der Waals surface area contributed by atoms with Gasteiger partial charge in [0.15, 0.2) is 6.10 Å². The van der Waals surface area contributed by atoms with Gasteiger partial charge in [0, 0.05) is 30.7 Å². The van der Waals surface area contributed by atoms with Crippen LogP contribution in [0.5, 0.6) is 5.75 Å². The van der Waals surface area contributed by atoms with E-state index in [9.17, 15) is 19.7 Å². The summed E-state index contributed by atoms with van der Waals surface area (Å²) < 4.78 is 17.3. The molecule has 2 aliphatic rings. The van der Waals surface area contributed by atoms with Gasteiger partial charge in [0.25, 0.3) is 11.6 Å². The molecule has 0 aliphatic carbocycles. The number of ether oxygens (including phenoxy) is 3. The van der Waals surface area contributed by atoms with Gasteiger partial charge in [-0.15, -0.1) is 0 Å². The van der Waals surface area contributed by atoms with E-state index < -0.39 is 28.6 Å². The van der Waals surface area contributed by atoms with Crippen molar-refractivity contribution in [2.75, 3.05) is 13.2 Å². The van der Waals surface area contributed by atoms with E-state index in [-0.39, 0.29) is 18.1 Å². The van der Waals surface area contributed by atoms with E-state index in [4.69, 9.17) is 14.2 Å². The van der Waals surface area contributed by atoms with Crippen LogP contribution in [0.3, 0.4) is 0 Å². The van der Waals surface area contributed by atoms with E-state index in [1.807, 2.05) is 6.92 Å². The quantitative estimate of drug-likeness (QED) is 0.289. The molecule has 1 aromatic carbocycles. The molecule has 0 fully saturated rings. The minimum atomic E-state index is -0.967. The van der Waals surface area contributed by atoms with E-state index in [0.29, 0.717) is 23.7 Å². The molecule has 9 heteroatoms. The lowest BCUT2D eigenvalue weighted by Crippen LogP contribution is -2.55. The highest BCUT2D eigenvalue weighted by atomic mass is 16.6. The average molecular weight is 418 g/mol. The fraction of sp³-hybridized carbons (Fsp3) is 0.524. The zero-order valence-electron chi connectivity index (χ0n) is 17.5. The summed E-state index contributed by atoms with van der Waals surface area (Å²) in [5, 5.41) is 11.3. The number of fused-ring (bicyclic) bond motifs is 1. The molecule has 2 aliphatic heterocycles. The Labute approximate surface area is 174 Å². The summed E-state index contributed by atoms with van der Waals surface area (Å²) in [7, 11) is 0. The summed E-state index contributed by atoms with van der Waals surface area (Å²) in [6, 6.07) is 3.47. The Morgan fingerprint density at radius 2 is 2.13 bits per heavy atom. The third kappa shape index (κ3) is 4.24. The molecule has 0 aromatic heterocycles. The van der Waals surface area contributed by atoms with Gasteiger partial charge >= 0.3 is 5.97 Å². The second-order valence-corrected chi connectivity index (χ2v) is 7.94. The Morgan fingerprint density at radius 1 is 1.40 bits per heavy atom. The van der Waals surface area contributed by atoms with Crippen LogP contribution in [0.1, 0.15) is 52.1 Å².